The molecule has 0 saturated carbocycles. The maximum absolute atomic E-state index is 13.9. The maximum atomic E-state index is 13.9. The molecule has 1 atom stereocenters. The summed E-state index contributed by atoms with van der Waals surface area (Å²) in [6, 6.07) is 5.20. The second kappa shape index (κ2) is 3.91. The molecule has 3 rings (SSSR count). The van der Waals surface area contributed by atoms with E-state index in [9.17, 15) is 4.39 Å². The van der Waals surface area contributed by atoms with Gasteiger partial charge in [-0.1, -0.05) is 0 Å². The number of hydrogen-bond acceptors (Lipinski definition) is 2. The second-order valence-electron chi connectivity index (χ2n) is 4.34. The van der Waals surface area contributed by atoms with Crippen molar-refractivity contribution < 1.29 is 8.81 Å². The van der Waals surface area contributed by atoms with Crippen molar-refractivity contribution in [1.29, 1.82) is 0 Å². The van der Waals surface area contributed by atoms with E-state index in [1.807, 2.05) is 6.07 Å². The molecule has 3 heteroatoms. The Labute approximate surface area is 93.4 Å². The molecule has 2 aromatic rings. The van der Waals surface area contributed by atoms with Gasteiger partial charge in [-0.2, -0.15) is 0 Å². The van der Waals surface area contributed by atoms with E-state index in [-0.39, 0.29) is 11.7 Å². The van der Waals surface area contributed by atoms with Crippen LogP contribution < -0.4 is 5.32 Å². The van der Waals surface area contributed by atoms with Gasteiger partial charge in [0, 0.05) is 23.4 Å². The summed E-state index contributed by atoms with van der Waals surface area (Å²) in [5.74, 6) is 0.0970. The molecule has 0 aliphatic carbocycles. The number of halogens is 1. The van der Waals surface area contributed by atoms with Crippen molar-refractivity contribution in [3.63, 3.8) is 0 Å². The third-order valence-electron chi connectivity index (χ3n) is 3.31. The smallest absolute Gasteiger partial charge is 0.140 e. The van der Waals surface area contributed by atoms with Gasteiger partial charge in [0.05, 0.1) is 6.26 Å². The molecule has 2 heterocycles. The molecule has 84 valence electrons. The Bertz CT molecular complexity index is 500. The zero-order chi connectivity index (χ0) is 11.0. The number of piperidine rings is 1. The standard InChI is InChI=1S/C13H14FNO/c14-11-4-3-9-5-7-16-13(9)12(11)10-2-1-6-15-8-10/h3-5,7,10,15H,1-2,6,8H2. The summed E-state index contributed by atoms with van der Waals surface area (Å²) in [6.45, 7) is 1.88. The first kappa shape index (κ1) is 9.85. The van der Waals surface area contributed by atoms with Crippen LogP contribution in [0.4, 0.5) is 4.39 Å². The first-order valence-electron chi connectivity index (χ1n) is 5.72. The van der Waals surface area contributed by atoms with Crippen LogP contribution >= 0.6 is 0 Å². The topological polar surface area (TPSA) is 25.2 Å². The van der Waals surface area contributed by atoms with Gasteiger partial charge in [0.1, 0.15) is 11.4 Å². The molecule has 0 spiro atoms. The molecule has 2 nitrogen and oxygen atoms in total. The Hall–Kier alpha value is -1.35. The molecule has 0 amide bonds. The Kier molecular flexibility index (Phi) is 2.40. The van der Waals surface area contributed by atoms with Gasteiger partial charge in [0.25, 0.3) is 0 Å². The quantitative estimate of drug-likeness (QED) is 0.797. The lowest BCUT2D eigenvalue weighted by Gasteiger charge is -2.23. The number of fused-ring (bicyclic) bond motifs is 1. The monoisotopic (exact) mass is 219 g/mol. The van der Waals surface area contributed by atoms with Crippen molar-refractivity contribution in [2.75, 3.05) is 13.1 Å². The fraction of sp³-hybridized carbons (Fsp3) is 0.385. The SMILES string of the molecule is Fc1ccc2ccoc2c1C1CCCNC1. The minimum atomic E-state index is -0.142. The van der Waals surface area contributed by atoms with Gasteiger partial charge >= 0.3 is 0 Å². The van der Waals surface area contributed by atoms with Gasteiger partial charge in [-0.05, 0) is 37.6 Å². The number of furan rings is 1. The molecule has 1 saturated heterocycles. The Balaban J connectivity index is 2.12. The molecule has 1 N–H and O–H groups in total. The fourth-order valence-electron chi connectivity index (χ4n) is 2.51. The number of benzene rings is 1. The van der Waals surface area contributed by atoms with Gasteiger partial charge in [-0.25, -0.2) is 4.39 Å². The number of nitrogens with one attached hydrogen (secondary N) is 1. The molecule has 1 unspecified atom stereocenters. The molecule has 0 radical (unpaired) electrons. The highest BCUT2D eigenvalue weighted by Crippen LogP contribution is 2.32. The Morgan fingerprint density at radius 2 is 2.25 bits per heavy atom. The lowest BCUT2D eigenvalue weighted by Crippen LogP contribution is -2.28. The predicted molar refractivity (Wildman–Crippen MR) is 61.0 cm³/mol. The van der Waals surface area contributed by atoms with Crippen molar-refractivity contribution in [2.24, 2.45) is 0 Å². The van der Waals surface area contributed by atoms with Crippen LogP contribution in [0.1, 0.15) is 24.3 Å². The van der Waals surface area contributed by atoms with E-state index in [0.29, 0.717) is 5.58 Å². The lowest BCUT2D eigenvalue weighted by atomic mass is 9.90. The van der Waals surface area contributed by atoms with Crippen LogP contribution in [0.5, 0.6) is 0 Å². The van der Waals surface area contributed by atoms with Crippen LogP contribution in [0, 0.1) is 5.82 Å². The van der Waals surface area contributed by atoms with E-state index >= 15 is 0 Å². The number of hydrogen-bond donors (Lipinski definition) is 1. The van der Waals surface area contributed by atoms with Crippen molar-refractivity contribution >= 4 is 11.0 Å². The van der Waals surface area contributed by atoms with Gasteiger partial charge in [0.2, 0.25) is 0 Å². The molecule has 1 aromatic heterocycles. The van der Waals surface area contributed by atoms with Crippen LogP contribution in [0.15, 0.2) is 28.9 Å². The molecule has 16 heavy (non-hydrogen) atoms. The average molecular weight is 219 g/mol. The predicted octanol–water partition coefficient (Wildman–Crippen LogP) is 3.04. The van der Waals surface area contributed by atoms with Crippen molar-refractivity contribution in [2.45, 2.75) is 18.8 Å². The van der Waals surface area contributed by atoms with Crippen LogP contribution in [0.2, 0.25) is 0 Å². The minimum absolute atomic E-state index is 0.142. The highest BCUT2D eigenvalue weighted by molar-refractivity contribution is 5.81. The molecular weight excluding hydrogens is 205 g/mol. The lowest BCUT2D eigenvalue weighted by molar-refractivity contribution is 0.443. The van der Waals surface area contributed by atoms with E-state index in [0.717, 1.165) is 36.9 Å². The van der Waals surface area contributed by atoms with Crippen LogP contribution in [-0.2, 0) is 0 Å². The summed E-state index contributed by atoms with van der Waals surface area (Å²) >= 11 is 0. The maximum Gasteiger partial charge on any atom is 0.140 e. The number of rotatable bonds is 1. The molecule has 1 aromatic carbocycles. The third-order valence-corrected chi connectivity index (χ3v) is 3.31. The Morgan fingerprint density at radius 3 is 3.06 bits per heavy atom. The van der Waals surface area contributed by atoms with E-state index < -0.39 is 0 Å². The summed E-state index contributed by atoms with van der Waals surface area (Å²) in [4.78, 5) is 0. The summed E-state index contributed by atoms with van der Waals surface area (Å²) < 4.78 is 19.3. The van der Waals surface area contributed by atoms with E-state index in [4.69, 9.17) is 4.42 Å². The molecule has 1 aliphatic rings. The van der Waals surface area contributed by atoms with Crippen LogP contribution in [0.25, 0.3) is 11.0 Å². The molecular formula is C13H14FNO. The summed E-state index contributed by atoms with van der Waals surface area (Å²) in [7, 11) is 0. The average Bonchev–Trinajstić information content (AvgIpc) is 2.78. The third kappa shape index (κ3) is 1.52. The molecule has 0 bridgehead atoms. The van der Waals surface area contributed by atoms with E-state index in [1.165, 1.54) is 0 Å². The second-order valence-corrected chi connectivity index (χ2v) is 4.34. The van der Waals surface area contributed by atoms with Gasteiger partial charge in [-0.15, -0.1) is 0 Å². The minimum Gasteiger partial charge on any atom is -0.464 e. The first-order valence-corrected chi connectivity index (χ1v) is 5.72. The van der Waals surface area contributed by atoms with Crippen molar-refractivity contribution in [3.05, 3.63) is 35.8 Å². The van der Waals surface area contributed by atoms with Gasteiger partial charge < -0.3 is 9.73 Å². The largest absolute Gasteiger partial charge is 0.464 e. The first-order chi connectivity index (χ1) is 7.86. The fourth-order valence-corrected chi connectivity index (χ4v) is 2.51. The highest BCUT2D eigenvalue weighted by Gasteiger charge is 2.22. The van der Waals surface area contributed by atoms with Gasteiger partial charge in [0.15, 0.2) is 0 Å². The van der Waals surface area contributed by atoms with Gasteiger partial charge in [-0.3, -0.25) is 0 Å². The normalized spacial score (nSPS) is 21.4. The van der Waals surface area contributed by atoms with Crippen molar-refractivity contribution in [3.8, 4) is 0 Å². The zero-order valence-electron chi connectivity index (χ0n) is 9.00. The summed E-state index contributed by atoms with van der Waals surface area (Å²) in [5, 5.41) is 4.30. The van der Waals surface area contributed by atoms with Crippen LogP contribution in [-0.4, -0.2) is 13.1 Å². The van der Waals surface area contributed by atoms with Crippen LogP contribution in [0.3, 0.4) is 0 Å². The molecule has 1 aliphatic heterocycles. The summed E-state index contributed by atoms with van der Waals surface area (Å²) in [6.07, 6.45) is 3.76. The van der Waals surface area contributed by atoms with E-state index in [1.54, 1.807) is 18.4 Å². The Morgan fingerprint density at radius 1 is 1.31 bits per heavy atom. The van der Waals surface area contributed by atoms with Crippen molar-refractivity contribution in [1.82, 2.24) is 5.32 Å². The summed E-state index contributed by atoms with van der Waals surface area (Å²) in [5.41, 5.74) is 1.46. The zero-order valence-corrected chi connectivity index (χ0v) is 9.00. The van der Waals surface area contributed by atoms with E-state index in [2.05, 4.69) is 5.32 Å². The highest BCUT2D eigenvalue weighted by atomic mass is 19.1. The molecule has 1 fully saturated rings.